The van der Waals surface area contributed by atoms with Crippen LogP contribution >= 0.6 is 0 Å². The SMILES string of the molecule is CC1CC(C)CN(CCCNC(=O)c2ccccc2O)C1. The maximum atomic E-state index is 11.9. The number of hydrogen-bond donors (Lipinski definition) is 2. The van der Waals surface area contributed by atoms with Crippen LogP contribution in [0.4, 0.5) is 0 Å². The van der Waals surface area contributed by atoms with Crippen molar-refractivity contribution in [2.45, 2.75) is 26.7 Å². The van der Waals surface area contributed by atoms with Gasteiger partial charge in [-0.05, 0) is 43.4 Å². The van der Waals surface area contributed by atoms with Crippen LogP contribution < -0.4 is 5.32 Å². The first kappa shape index (κ1) is 15.8. The number of nitrogens with zero attached hydrogens (tertiary/aromatic N) is 1. The monoisotopic (exact) mass is 290 g/mol. The number of phenols is 1. The predicted octanol–water partition coefficient (Wildman–Crippen LogP) is 2.49. The lowest BCUT2D eigenvalue weighted by atomic mass is 9.92. The van der Waals surface area contributed by atoms with Crippen molar-refractivity contribution in [3.8, 4) is 5.75 Å². The van der Waals surface area contributed by atoms with Crippen LogP contribution in [0.2, 0.25) is 0 Å². The molecule has 1 amide bonds. The van der Waals surface area contributed by atoms with E-state index in [0.717, 1.165) is 37.9 Å². The van der Waals surface area contributed by atoms with Crippen molar-refractivity contribution >= 4 is 5.91 Å². The highest BCUT2D eigenvalue weighted by Crippen LogP contribution is 2.20. The molecule has 0 spiro atoms. The van der Waals surface area contributed by atoms with Gasteiger partial charge in [-0.2, -0.15) is 0 Å². The van der Waals surface area contributed by atoms with Gasteiger partial charge < -0.3 is 15.3 Å². The van der Waals surface area contributed by atoms with Crippen LogP contribution in [-0.4, -0.2) is 42.1 Å². The molecule has 1 saturated heterocycles. The quantitative estimate of drug-likeness (QED) is 0.819. The third kappa shape index (κ3) is 4.74. The number of carbonyl (C=O) groups excluding carboxylic acids is 1. The van der Waals surface area contributed by atoms with E-state index in [1.54, 1.807) is 18.2 Å². The van der Waals surface area contributed by atoms with E-state index in [0.29, 0.717) is 12.1 Å². The minimum absolute atomic E-state index is 0.0358. The Kier molecular flexibility index (Phi) is 5.62. The summed E-state index contributed by atoms with van der Waals surface area (Å²) in [4.78, 5) is 14.4. The van der Waals surface area contributed by atoms with E-state index in [9.17, 15) is 9.90 Å². The fourth-order valence-corrected chi connectivity index (χ4v) is 3.24. The molecule has 2 unspecified atom stereocenters. The Hall–Kier alpha value is -1.55. The first-order chi connectivity index (χ1) is 10.1. The molecule has 1 heterocycles. The average Bonchev–Trinajstić information content (AvgIpc) is 2.43. The highest BCUT2D eigenvalue weighted by molar-refractivity contribution is 5.96. The van der Waals surface area contributed by atoms with Crippen LogP contribution in [0.5, 0.6) is 5.75 Å². The summed E-state index contributed by atoms with van der Waals surface area (Å²) in [5.74, 6) is 1.37. The Morgan fingerprint density at radius 3 is 2.62 bits per heavy atom. The molecular formula is C17H26N2O2. The molecule has 1 aliphatic heterocycles. The van der Waals surface area contributed by atoms with E-state index >= 15 is 0 Å². The van der Waals surface area contributed by atoms with Crippen molar-refractivity contribution in [1.82, 2.24) is 10.2 Å². The molecule has 0 bridgehead atoms. The lowest BCUT2D eigenvalue weighted by Gasteiger charge is -2.34. The first-order valence-corrected chi connectivity index (χ1v) is 7.85. The van der Waals surface area contributed by atoms with E-state index in [4.69, 9.17) is 0 Å². The lowest BCUT2D eigenvalue weighted by molar-refractivity contribution is 0.0944. The largest absolute Gasteiger partial charge is 0.507 e. The summed E-state index contributed by atoms with van der Waals surface area (Å²) < 4.78 is 0. The number of rotatable bonds is 5. The summed E-state index contributed by atoms with van der Waals surface area (Å²) in [5.41, 5.74) is 0.345. The van der Waals surface area contributed by atoms with E-state index in [2.05, 4.69) is 24.1 Å². The minimum Gasteiger partial charge on any atom is -0.507 e. The van der Waals surface area contributed by atoms with Crippen LogP contribution in [0.25, 0.3) is 0 Å². The molecule has 0 saturated carbocycles. The number of amides is 1. The topological polar surface area (TPSA) is 52.6 Å². The Bertz CT molecular complexity index is 466. The zero-order valence-corrected chi connectivity index (χ0v) is 13.0. The normalized spacial score (nSPS) is 23.0. The van der Waals surface area contributed by atoms with Gasteiger partial charge in [-0.3, -0.25) is 4.79 Å². The molecular weight excluding hydrogens is 264 g/mol. The number of phenolic OH excluding ortho intramolecular Hbond substituents is 1. The van der Waals surface area contributed by atoms with Gasteiger partial charge in [0, 0.05) is 19.6 Å². The van der Waals surface area contributed by atoms with Crippen molar-refractivity contribution in [2.75, 3.05) is 26.2 Å². The molecule has 116 valence electrons. The molecule has 4 heteroatoms. The molecule has 0 radical (unpaired) electrons. The fraction of sp³-hybridized carbons (Fsp3) is 0.588. The molecule has 0 aliphatic carbocycles. The number of benzene rings is 1. The van der Waals surface area contributed by atoms with Crippen molar-refractivity contribution in [3.63, 3.8) is 0 Å². The van der Waals surface area contributed by atoms with Gasteiger partial charge in [0.05, 0.1) is 5.56 Å². The van der Waals surface area contributed by atoms with Gasteiger partial charge >= 0.3 is 0 Å². The zero-order valence-electron chi connectivity index (χ0n) is 13.0. The molecule has 1 aliphatic rings. The smallest absolute Gasteiger partial charge is 0.255 e. The van der Waals surface area contributed by atoms with Gasteiger partial charge in [0.25, 0.3) is 5.91 Å². The second-order valence-corrected chi connectivity index (χ2v) is 6.33. The summed E-state index contributed by atoms with van der Waals surface area (Å²) in [5, 5.41) is 12.5. The number of carbonyl (C=O) groups is 1. The van der Waals surface area contributed by atoms with E-state index in [1.165, 1.54) is 12.5 Å². The molecule has 2 atom stereocenters. The fourth-order valence-electron chi connectivity index (χ4n) is 3.24. The van der Waals surface area contributed by atoms with Crippen LogP contribution in [-0.2, 0) is 0 Å². The van der Waals surface area contributed by atoms with E-state index in [1.807, 2.05) is 0 Å². The zero-order chi connectivity index (χ0) is 15.2. The molecule has 1 aromatic carbocycles. The molecule has 4 nitrogen and oxygen atoms in total. The number of nitrogens with one attached hydrogen (secondary N) is 1. The summed E-state index contributed by atoms with van der Waals surface area (Å²) in [6.07, 6.45) is 2.26. The minimum atomic E-state index is -0.200. The Balaban J connectivity index is 1.70. The van der Waals surface area contributed by atoms with Gasteiger partial charge in [-0.1, -0.05) is 26.0 Å². The third-order valence-corrected chi connectivity index (χ3v) is 4.03. The summed E-state index contributed by atoms with van der Waals surface area (Å²) in [7, 11) is 0. The Morgan fingerprint density at radius 1 is 1.29 bits per heavy atom. The molecule has 21 heavy (non-hydrogen) atoms. The Labute approximate surface area is 127 Å². The van der Waals surface area contributed by atoms with Gasteiger partial charge in [0.15, 0.2) is 0 Å². The van der Waals surface area contributed by atoms with Gasteiger partial charge in [0.2, 0.25) is 0 Å². The van der Waals surface area contributed by atoms with E-state index in [-0.39, 0.29) is 11.7 Å². The molecule has 0 aromatic heterocycles. The highest BCUT2D eigenvalue weighted by Gasteiger charge is 2.21. The van der Waals surface area contributed by atoms with Gasteiger partial charge in [-0.25, -0.2) is 0 Å². The van der Waals surface area contributed by atoms with E-state index < -0.39 is 0 Å². The molecule has 1 fully saturated rings. The number of piperidine rings is 1. The average molecular weight is 290 g/mol. The molecule has 2 N–H and O–H groups in total. The van der Waals surface area contributed by atoms with Crippen LogP contribution in [0.15, 0.2) is 24.3 Å². The summed E-state index contributed by atoms with van der Waals surface area (Å²) >= 11 is 0. The standard InChI is InChI=1S/C17H26N2O2/c1-13-10-14(2)12-19(11-13)9-5-8-18-17(21)15-6-3-4-7-16(15)20/h3-4,6-7,13-14,20H,5,8-12H2,1-2H3,(H,18,21). The van der Waals surface area contributed by atoms with Crippen molar-refractivity contribution in [3.05, 3.63) is 29.8 Å². The second-order valence-electron chi connectivity index (χ2n) is 6.33. The van der Waals surface area contributed by atoms with Crippen LogP contribution in [0.1, 0.15) is 37.0 Å². The molecule has 2 rings (SSSR count). The third-order valence-electron chi connectivity index (χ3n) is 4.03. The van der Waals surface area contributed by atoms with Gasteiger partial charge in [-0.15, -0.1) is 0 Å². The molecule has 1 aromatic rings. The first-order valence-electron chi connectivity index (χ1n) is 7.85. The number of para-hydroxylation sites is 1. The van der Waals surface area contributed by atoms with Crippen LogP contribution in [0, 0.1) is 11.8 Å². The predicted molar refractivity (Wildman–Crippen MR) is 84.4 cm³/mol. The summed E-state index contributed by atoms with van der Waals surface area (Å²) in [6, 6.07) is 6.64. The van der Waals surface area contributed by atoms with Crippen molar-refractivity contribution < 1.29 is 9.90 Å². The van der Waals surface area contributed by atoms with Gasteiger partial charge in [0.1, 0.15) is 5.75 Å². The maximum Gasteiger partial charge on any atom is 0.255 e. The second kappa shape index (κ2) is 7.46. The number of aromatic hydroxyl groups is 1. The lowest BCUT2D eigenvalue weighted by Crippen LogP contribution is -2.40. The Morgan fingerprint density at radius 2 is 1.95 bits per heavy atom. The van der Waals surface area contributed by atoms with Crippen molar-refractivity contribution in [1.29, 1.82) is 0 Å². The van der Waals surface area contributed by atoms with Crippen molar-refractivity contribution in [2.24, 2.45) is 11.8 Å². The van der Waals surface area contributed by atoms with Crippen LogP contribution in [0.3, 0.4) is 0 Å². The maximum absolute atomic E-state index is 11.9. The number of likely N-dealkylation sites (tertiary alicyclic amines) is 1. The number of hydrogen-bond acceptors (Lipinski definition) is 3. The highest BCUT2D eigenvalue weighted by atomic mass is 16.3. The summed E-state index contributed by atoms with van der Waals surface area (Å²) in [6.45, 7) is 8.61.